The van der Waals surface area contributed by atoms with Crippen molar-refractivity contribution in [1.29, 1.82) is 0 Å². The SMILES string of the molecule is CCC1(Cn2nnnc2-c2ccc(F)cc2N)CCCC1. The molecule has 2 N–H and O–H groups in total. The number of tetrazole rings is 1. The highest BCUT2D eigenvalue weighted by atomic mass is 19.1. The fourth-order valence-electron chi connectivity index (χ4n) is 3.31. The van der Waals surface area contributed by atoms with E-state index < -0.39 is 0 Å². The van der Waals surface area contributed by atoms with Crippen molar-refractivity contribution in [2.24, 2.45) is 5.41 Å². The van der Waals surface area contributed by atoms with Crippen molar-refractivity contribution in [2.45, 2.75) is 45.6 Å². The van der Waals surface area contributed by atoms with Gasteiger partial charge in [0.25, 0.3) is 0 Å². The Morgan fingerprint density at radius 1 is 1.33 bits per heavy atom. The Morgan fingerprint density at radius 3 is 2.76 bits per heavy atom. The highest BCUT2D eigenvalue weighted by molar-refractivity contribution is 5.71. The van der Waals surface area contributed by atoms with Crippen molar-refractivity contribution in [3.8, 4) is 11.4 Å². The molecule has 0 spiro atoms. The normalized spacial score (nSPS) is 17.2. The van der Waals surface area contributed by atoms with Crippen molar-refractivity contribution in [2.75, 3.05) is 5.73 Å². The van der Waals surface area contributed by atoms with Gasteiger partial charge in [0.2, 0.25) is 0 Å². The summed E-state index contributed by atoms with van der Waals surface area (Å²) in [6.07, 6.45) is 6.07. The zero-order valence-electron chi connectivity index (χ0n) is 12.2. The zero-order valence-corrected chi connectivity index (χ0v) is 12.2. The number of benzene rings is 1. The molecule has 0 amide bonds. The van der Waals surface area contributed by atoms with Crippen molar-refractivity contribution in [3.63, 3.8) is 0 Å². The van der Waals surface area contributed by atoms with Gasteiger partial charge in [-0.2, -0.15) is 0 Å². The standard InChI is InChI=1S/C15H20FN5/c1-2-15(7-3-4-8-15)10-21-14(18-19-20-21)12-6-5-11(16)9-13(12)17/h5-6,9H,2-4,7-8,10,17H2,1H3. The van der Waals surface area contributed by atoms with Crippen LogP contribution in [0.1, 0.15) is 39.0 Å². The van der Waals surface area contributed by atoms with Gasteiger partial charge in [-0.3, -0.25) is 0 Å². The van der Waals surface area contributed by atoms with Crippen molar-refractivity contribution < 1.29 is 4.39 Å². The molecule has 1 heterocycles. The number of rotatable bonds is 4. The van der Waals surface area contributed by atoms with E-state index in [0.29, 0.717) is 17.1 Å². The number of nitrogens with two attached hydrogens (primary N) is 1. The van der Waals surface area contributed by atoms with E-state index in [2.05, 4.69) is 22.4 Å². The van der Waals surface area contributed by atoms with Crippen molar-refractivity contribution >= 4 is 5.69 Å². The third kappa shape index (κ3) is 2.62. The molecule has 5 nitrogen and oxygen atoms in total. The predicted molar refractivity (Wildman–Crippen MR) is 78.8 cm³/mol. The predicted octanol–water partition coefficient (Wildman–Crippen LogP) is 3.03. The first-order valence-electron chi connectivity index (χ1n) is 7.45. The van der Waals surface area contributed by atoms with E-state index >= 15 is 0 Å². The molecule has 0 saturated heterocycles. The summed E-state index contributed by atoms with van der Waals surface area (Å²) in [6.45, 7) is 3.02. The zero-order chi connectivity index (χ0) is 14.9. The van der Waals surface area contributed by atoms with Gasteiger partial charge in [0.1, 0.15) is 5.82 Å². The lowest BCUT2D eigenvalue weighted by Crippen LogP contribution is -2.24. The Labute approximate surface area is 123 Å². The summed E-state index contributed by atoms with van der Waals surface area (Å²) in [6, 6.07) is 4.33. The van der Waals surface area contributed by atoms with E-state index in [-0.39, 0.29) is 11.2 Å². The molecule has 1 fully saturated rings. The largest absolute Gasteiger partial charge is 0.398 e. The van der Waals surface area contributed by atoms with Crippen LogP contribution in [0.25, 0.3) is 11.4 Å². The smallest absolute Gasteiger partial charge is 0.184 e. The van der Waals surface area contributed by atoms with Gasteiger partial charge >= 0.3 is 0 Å². The first-order valence-corrected chi connectivity index (χ1v) is 7.45. The van der Waals surface area contributed by atoms with Crippen LogP contribution >= 0.6 is 0 Å². The Morgan fingerprint density at radius 2 is 2.10 bits per heavy atom. The molecular weight excluding hydrogens is 269 g/mol. The van der Waals surface area contributed by atoms with Crippen molar-refractivity contribution in [3.05, 3.63) is 24.0 Å². The lowest BCUT2D eigenvalue weighted by molar-refractivity contribution is 0.226. The molecule has 0 aliphatic heterocycles. The quantitative estimate of drug-likeness (QED) is 0.878. The first-order chi connectivity index (χ1) is 10.1. The summed E-state index contributed by atoms with van der Waals surface area (Å²) in [7, 11) is 0. The second kappa shape index (κ2) is 5.42. The summed E-state index contributed by atoms with van der Waals surface area (Å²) in [5.41, 5.74) is 7.23. The van der Waals surface area contributed by atoms with Gasteiger partial charge in [-0.25, -0.2) is 9.07 Å². The average molecular weight is 289 g/mol. The maximum atomic E-state index is 13.2. The fourth-order valence-corrected chi connectivity index (χ4v) is 3.31. The topological polar surface area (TPSA) is 69.6 Å². The van der Waals surface area contributed by atoms with E-state index in [0.717, 1.165) is 13.0 Å². The van der Waals surface area contributed by atoms with Crippen LogP contribution in [0, 0.1) is 11.2 Å². The van der Waals surface area contributed by atoms with Gasteiger partial charge in [0.05, 0.1) is 6.54 Å². The molecule has 21 heavy (non-hydrogen) atoms. The molecule has 0 atom stereocenters. The van der Waals surface area contributed by atoms with Crippen LogP contribution < -0.4 is 5.73 Å². The average Bonchev–Trinajstić information content (AvgIpc) is 3.10. The van der Waals surface area contributed by atoms with E-state index in [9.17, 15) is 4.39 Å². The summed E-state index contributed by atoms with van der Waals surface area (Å²) in [5, 5.41) is 12.0. The molecule has 0 radical (unpaired) electrons. The molecule has 1 aromatic carbocycles. The Hall–Kier alpha value is -1.98. The minimum Gasteiger partial charge on any atom is -0.398 e. The van der Waals surface area contributed by atoms with Crippen LogP contribution in [0.15, 0.2) is 18.2 Å². The molecule has 1 saturated carbocycles. The van der Waals surface area contributed by atoms with Gasteiger partial charge in [0, 0.05) is 11.3 Å². The third-order valence-corrected chi connectivity index (χ3v) is 4.69. The minimum atomic E-state index is -0.351. The fraction of sp³-hybridized carbons (Fsp3) is 0.533. The number of hydrogen-bond donors (Lipinski definition) is 1. The molecule has 0 unspecified atom stereocenters. The van der Waals surface area contributed by atoms with Gasteiger partial charge in [0.15, 0.2) is 5.82 Å². The lowest BCUT2D eigenvalue weighted by atomic mass is 9.83. The highest BCUT2D eigenvalue weighted by Gasteiger charge is 2.33. The lowest BCUT2D eigenvalue weighted by Gasteiger charge is -2.27. The molecule has 1 aliphatic carbocycles. The van der Waals surface area contributed by atoms with E-state index in [4.69, 9.17) is 5.73 Å². The highest BCUT2D eigenvalue weighted by Crippen LogP contribution is 2.42. The molecule has 6 heteroatoms. The third-order valence-electron chi connectivity index (χ3n) is 4.69. The van der Waals surface area contributed by atoms with E-state index in [1.807, 2.05) is 4.68 Å². The Bertz CT molecular complexity index is 631. The summed E-state index contributed by atoms with van der Waals surface area (Å²) in [4.78, 5) is 0. The number of nitrogen functional groups attached to an aromatic ring is 1. The van der Waals surface area contributed by atoms with Crippen LogP contribution in [0.3, 0.4) is 0 Å². The number of anilines is 1. The summed E-state index contributed by atoms with van der Waals surface area (Å²) >= 11 is 0. The molecular formula is C15H20FN5. The molecule has 1 aromatic heterocycles. The number of halogens is 1. The van der Waals surface area contributed by atoms with Crippen LogP contribution in [-0.2, 0) is 6.54 Å². The first kappa shape index (κ1) is 14.0. The summed E-state index contributed by atoms with van der Waals surface area (Å²) < 4.78 is 15.0. The summed E-state index contributed by atoms with van der Waals surface area (Å²) in [5.74, 6) is 0.267. The molecule has 2 aromatic rings. The monoisotopic (exact) mass is 289 g/mol. The molecule has 3 rings (SSSR count). The number of aromatic nitrogens is 4. The maximum Gasteiger partial charge on any atom is 0.184 e. The van der Waals surface area contributed by atoms with E-state index in [1.54, 1.807) is 6.07 Å². The second-order valence-corrected chi connectivity index (χ2v) is 5.95. The van der Waals surface area contributed by atoms with Crippen LogP contribution in [0.2, 0.25) is 0 Å². The van der Waals surface area contributed by atoms with Gasteiger partial charge in [-0.1, -0.05) is 19.8 Å². The van der Waals surface area contributed by atoms with Crippen molar-refractivity contribution in [1.82, 2.24) is 20.2 Å². The van der Waals surface area contributed by atoms with Crippen LogP contribution in [0.4, 0.5) is 10.1 Å². The van der Waals surface area contributed by atoms with Gasteiger partial charge in [-0.15, -0.1) is 5.10 Å². The van der Waals surface area contributed by atoms with E-state index in [1.165, 1.54) is 37.8 Å². The Kier molecular flexibility index (Phi) is 3.61. The van der Waals surface area contributed by atoms with Gasteiger partial charge in [-0.05, 0) is 53.3 Å². The minimum absolute atomic E-state index is 0.277. The number of nitrogens with zero attached hydrogens (tertiary/aromatic N) is 4. The van der Waals surface area contributed by atoms with Crippen LogP contribution in [0.5, 0.6) is 0 Å². The second-order valence-electron chi connectivity index (χ2n) is 5.95. The molecule has 112 valence electrons. The molecule has 1 aliphatic rings. The molecule has 0 bridgehead atoms. The maximum absolute atomic E-state index is 13.2. The van der Waals surface area contributed by atoms with Gasteiger partial charge < -0.3 is 5.73 Å². The Balaban J connectivity index is 1.94. The number of hydrogen-bond acceptors (Lipinski definition) is 4. The van der Waals surface area contributed by atoms with Crippen LogP contribution in [-0.4, -0.2) is 20.2 Å².